The van der Waals surface area contributed by atoms with Gasteiger partial charge < -0.3 is 9.84 Å². The maximum Gasteiger partial charge on any atom is 0.294 e. The van der Waals surface area contributed by atoms with Crippen LogP contribution in [-0.2, 0) is 9.59 Å². The Hall–Kier alpha value is -3.06. The molecule has 0 bridgehead atoms. The topological polar surface area (TPSA) is 79.2 Å². The second kappa shape index (κ2) is 10.1. The molecular formula is C27H30N2O4S. The fraction of sp³-hybridized carbons (Fsp3) is 0.370. The normalized spacial score (nSPS) is 18.3. The van der Waals surface area contributed by atoms with E-state index in [9.17, 15) is 14.7 Å². The van der Waals surface area contributed by atoms with Crippen LogP contribution in [0.2, 0.25) is 0 Å². The highest BCUT2D eigenvalue weighted by atomic mass is 32.2. The Bertz CT molecular complexity index is 1150. The highest BCUT2D eigenvalue weighted by Crippen LogP contribution is 2.44. The van der Waals surface area contributed by atoms with Gasteiger partial charge in [0.25, 0.3) is 5.91 Å². The van der Waals surface area contributed by atoms with Crippen molar-refractivity contribution in [1.82, 2.24) is 0 Å². The molecule has 4 rings (SSSR count). The van der Waals surface area contributed by atoms with Crippen LogP contribution < -0.4 is 9.64 Å². The summed E-state index contributed by atoms with van der Waals surface area (Å²) in [6.07, 6.45) is 0.142. The van der Waals surface area contributed by atoms with Crippen molar-refractivity contribution in [3.63, 3.8) is 0 Å². The lowest BCUT2D eigenvalue weighted by atomic mass is 9.91. The molecule has 1 amide bonds. The van der Waals surface area contributed by atoms with Crippen molar-refractivity contribution in [1.29, 1.82) is 0 Å². The molecule has 2 aliphatic heterocycles. The van der Waals surface area contributed by atoms with E-state index in [1.807, 2.05) is 76.2 Å². The van der Waals surface area contributed by atoms with Gasteiger partial charge in [-0.2, -0.15) is 0 Å². The minimum absolute atomic E-state index is 0.0868. The van der Waals surface area contributed by atoms with Crippen LogP contribution in [0, 0.1) is 5.92 Å². The molecule has 0 fully saturated rings. The molecule has 2 aliphatic rings. The highest BCUT2D eigenvalue weighted by molar-refractivity contribution is 8.14. The summed E-state index contributed by atoms with van der Waals surface area (Å²) < 4.78 is 6.04. The number of rotatable bonds is 8. The van der Waals surface area contributed by atoms with E-state index in [2.05, 4.69) is 4.99 Å². The quantitative estimate of drug-likeness (QED) is 0.543. The van der Waals surface area contributed by atoms with Crippen LogP contribution in [0.25, 0.3) is 0 Å². The molecule has 1 atom stereocenters. The van der Waals surface area contributed by atoms with Gasteiger partial charge in [-0.25, -0.2) is 0 Å². The lowest BCUT2D eigenvalue weighted by Gasteiger charge is -2.29. The van der Waals surface area contributed by atoms with Gasteiger partial charge in [0.15, 0.2) is 11.5 Å². The van der Waals surface area contributed by atoms with E-state index in [-0.39, 0.29) is 29.8 Å². The summed E-state index contributed by atoms with van der Waals surface area (Å²) in [4.78, 5) is 32.7. The number of carbonyl (C=O) groups excluding carboxylic acids is 2. The molecular weight excluding hydrogens is 448 g/mol. The third-order valence-electron chi connectivity index (χ3n) is 5.66. The van der Waals surface area contributed by atoms with Gasteiger partial charge in [-0.15, -0.1) is 11.8 Å². The van der Waals surface area contributed by atoms with Crippen molar-refractivity contribution in [2.24, 2.45) is 10.9 Å². The molecule has 0 aliphatic carbocycles. The summed E-state index contributed by atoms with van der Waals surface area (Å²) in [7, 11) is 0. The first kappa shape index (κ1) is 24.1. The number of hydrogen-bond acceptors (Lipinski definition) is 6. The van der Waals surface area contributed by atoms with Crippen LogP contribution in [0.1, 0.15) is 51.3 Å². The minimum atomic E-state index is -0.780. The van der Waals surface area contributed by atoms with Gasteiger partial charge >= 0.3 is 0 Å². The molecule has 0 saturated heterocycles. The third kappa shape index (κ3) is 4.75. The fourth-order valence-corrected chi connectivity index (χ4v) is 5.13. The molecule has 0 saturated carbocycles. The Morgan fingerprint density at radius 3 is 2.47 bits per heavy atom. The maximum absolute atomic E-state index is 13.4. The van der Waals surface area contributed by atoms with Crippen LogP contribution in [0.15, 0.2) is 64.9 Å². The molecule has 1 unspecified atom stereocenters. The Labute approximate surface area is 204 Å². The van der Waals surface area contributed by atoms with Crippen molar-refractivity contribution in [2.45, 2.75) is 46.3 Å². The van der Waals surface area contributed by atoms with Gasteiger partial charge in [-0.1, -0.05) is 44.2 Å². The molecule has 0 radical (unpaired) electrons. The second-order valence-electron chi connectivity index (χ2n) is 9.15. The number of benzene rings is 2. The van der Waals surface area contributed by atoms with E-state index in [1.54, 1.807) is 11.8 Å². The summed E-state index contributed by atoms with van der Waals surface area (Å²) in [5, 5.41) is 11.9. The number of hydrogen-bond donors (Lipinski definition) is 1. The van der Waals surface area contributed by atoms with Crippen LogP contribution in [0.5, 0.6) is 5.75 Å². The number of carbonyl (C=O) groups is 2. The Morgan fingerprint density at radius 1 is 1.15 bits per heavy atom. The zero-order valence-corrected chi connectivity index (χ0v) is 20.8. The van der Waals surface area contributed by atoms with Crippen molar-refractivity contribution >= 4 is 34.2 Å². The number of nitrogens with zero attached hydrogens (tertiary/aromatic N) is 2. The van der Waals surface area contributed by atoms with Crippen LogP contribution in [-0.4, -0.2) is 40.2 Å². The lowest BCUT2D eigenvalue weighted by molar-refractivity contribution is -0.118. The monoisotopic (exact) mass is 478 g/mol. The number of anilines is 1. The number of ketones is 1. The van der Waals surface area contributed by atoms with Gasteiger partial charge in [0.1, 0.15) is 5.75 Å². The number of aliphatic hydroxyl groups is 1. The Balaban J connectivity index is 1.81. The van der Waals surface area contributed by atoms with Gasteiger partial charge in [0.2, 0.25) is 0 Å². The Kier molecular flexibility index (Phi) is 7.12. The summed E-state index contributed by atoms with van der Waals surface area (Å²) >= 11 is 1.71. The molecule has 0 aromatic heterocycles. The highest BCUT2D eigenvalue weighted by Gasteiger charge is 2.45. The fourth-order valence-electron chi connectivity index (χ4n) is 4.27. The third-order valence-corrected chi connectivity index (χ3v) is 6.68. The smallest absolute Gasteiger partial charge is 0.294 e. The van der Waals surface area contributed by atoms with Gasteiger partial charge in [0, 0.05) is 35.5 Å². The number of Topliss-reactive ketones (excluding diaryl/α,β-unsaturated/α-hetero) is 1. The molecule has 7 heteroatoms. The number of aliphatic hydroxyl groups excluding tert-OH is 1. The predicted molar refractivity (Wildman–Crippen MR) is 137 cm³/mol. The number of para-hydroxylation sites is 1. The second-order valence-corrected chi connectivity index (χ2v) is 10.2. The largest absolute Gasteiger partial charge is 0.503 e. The molecule has 1 N–H and O–H groups in total. The first-order valence-electron chi connectivity index (χ1n) is 11.6. The van der Waals surface area contributed by atoms with Gasteiger partial charge in [0.05, 0.1) is 22.8 Å². The lowest BCUT2D eigenvalue weighted by Crippen LogP contribution is -2.31. The SMILES string of the molecule is CC(C)CC(=O)C1=C(O)C(=O)N(c2ccc(C3=NCCS3)cc2)C1c1ccccc1OC(C)C. The van der Waals surface area contributed by atoms with Crippen LogP contribution in [0.3, 0.4) is 0 Å². The molecule has 178 valence electrons. The zero-order chi connectivity index (χ0) is 24.4. The predicted octanol–water partition coefficient (Wildman–Crippen LogP) is 5.48. The van der Waals surface area contributed by atoms with Crippen LogP contribution in [0.4, 0.5) is 5.69 Å². The number of aliphatic imine (C=N–C) groups is 1. The number of ether oxygens (including phenoxy) is 1. The molecule has 34 heavy (non-hydrogen) atoms. The van der Waals surface area contributed by atoms with Crippen molar-refractivity contribution in [2.75, 3.05) is 17.2 Å². The molecule has 2 heterocycles. The van der Waals surface area contributed by atoms with Gasteiger partial charge in [-0.05, 0) is 38.0 Å². The molecule has 2 aromatic rings. The van der Waals surface area contributed by atoms with Gasteiger partial charge in [-0.3, -0.25) is 19.5 Å². The summed E-state index contributed by atoms with van der Waals surface area (Å²) in [6.45, 7) is 8.54. The minimum Gasteiger partial charge on any atom is -0.503 e. The summed E-state index contributed by atoms with van der Waals surface area (Å²) in [5.41, 5.74) is 2.38. The average Bonchev–Trinajstić information content (AvgIpc) is 3.41. The summed E-state index contributed by atoms with van der Waals surface area (Å²) in [6, 6.07) is 14.2. The van der Waals surface area contributed by atoms with E-state index in [4.69, 9.17) is 4.74 Å². The van der Waals surface area contributed by atoms with Crippen molar-refractivity contribution < 1.29 is 19.4 Å². The van der Waals surface area contributed by atoms with Crippen molar-refractivity contribution in [3.05, 3.63) is 71.0 Å². The average molecular weight is 479 g/mol. The van der Waals surface area contributed by atoms with E-state index >= 15 is 0 Å². The van der Waals surface area contributed by atoms with E-state index in [1.165, 1.54) is 4.90 Å². The first-order valence-corrected chi connectivity index (χ1v) is 12.6. The standard InChI is InChI=1S/C27H30N2O4S/c1-16(2)15-21(30)23-24(20-7-5-6-8-22(20)33-17(3)4)29(27(32)25(23)31)19-11-9-18(10-12-19)26-28-13-14-34-26/h5-12,16-17,24,31H,13-15H2,1-4H3. The maximum atomic E-state index is 13.4. The van der Waals surface area contributed by atoms with Crippen molar-refractivity contribution in [3.8, 4) is 5.75 Å². The molecule has 6 nitrogen and oxygen atoms in total. The summed E-state index contributed by atoms with van der Waals surface area (Å²) in [5.74, 6) is 0.324. The molecule has 0 spiro atoms. The number of thioether (sulfide) groups is 1. The Morgan fingerprint density at radius 2 is 1.85 bits per heavy atom. The molecule has 2 aromatic carbocycles. The first-order chi connectivity index (χ1) is 16.3. The van der Waals surface area contributed by atoms with E-state index in [0.717, 1.165) is 22.9 Å². The number of amides is 1. The zero-order valence-electron chi connectivity index (χ0n) is 19.9. The van der Waals surface area contributed by atoms with E-state index in [0.29, 0.717) is 17.0 Å². The van der Waals surface area contributed by atoms with E-state index < -0.39 is 17.7 Å². The van der Waals surface area contributed by atoms with Crippen LogP contribution >= 0.6 is 11.8 Å².